The molecule has 2 aromatic carbocycles. The largest absolute Gasteiger partial charge is 0.465 e. The standard InChI is InChI=1S/C20H21FN2O3/c1-14(2)9-10-23(20(24)25)13-15-3-7-18(8-4-15)26-19-11-17(21)6-5-16(19)12-22/h3-8,11,14H,9-10,13H2,1-2H3,(H,24,25). The molecule has 0 aromatic heterocycles. The number of ether oxygens (including phenoxy) is 1. The molecule has 0 radical (unpaired) electrons. The molecule has 0 spiro atoms. The normalized spacial score (nSPS) is 10.4. The Morgan fingerprint density at radius 1 is 1.27 bits per heavy atom. The summed E-state index contributed by atoms with van der Waals surface area (Å²) in [4.78, 5) is 12.7. The van der Waals surface area contributed by atoms with Crippen LogP contribution in [0.25, 0.3) is 0 Å². The summed E-state index contributed by atoms with van der Waals surface area (Å²) in [6.45, 7) is 4.86. The molecule has 0 heterocycles. The maximum Gasteiger partial charge on any atom is 0.407 e. The van der Waals surface area contributed by atoms with Crippen LogP contribution in [-0.4, -0.2) is 22.6 Å². The zero-order valence-corrected chi connectivity index (χ0v) is 14.8. The average Bonchev–Trinajstić information content (AvgIpc) is 2.60. The molecular weight excluding hydrogens is 335 g/mol. The van der Waals surface area contributed by atoms with Crippen LogP contribution in [0.4, 0.5) is 9.18 Å². The lowest BCUT2D eigenvalue weighted by Crippen LogP contribution is -2.30. The Labute approximate surface area is 152 Å². The highest BCUT2D eigenvalue weighted by Gasteiger charge is 2.13. The van der Waals surface area contributed by atoms with Gasteiger partial charge in [0.05, 0.1) is 5.56 Å². The fraction of sp³-hybridized carbons (Fsp3) is 0.300. The van der Waals surface area contributed by atoms with Gasteiger partial charge in [-0.05, 0) is 42.2 Å². The Bertz CT molecular complexity index is 798. The Morgan fingerprint density at radius 2 is 1.96 bits per heavy atom. The van der Waals surface area contributed by atoms with Crippen molar-refractivity contribution < 1.29 is 19.0 Å². The Morgan fingerprint density at radius 3 is 2.54 bits per heavy atom. The van der Waals surface area contributed by atoms with Crippen molar-refractivity contribution in [2.24, 2.45) is 5.92 Å². The van der Waals surface area contributed by atoms with Gasteiger partial charge in [0.2, 0.25) is 0 Å². The maximum atomic E-state index is 13.3. The third-order valence-electron chi connectivity index (χ3n) is 3.84. The predicted octanol–water partition coefficient (Wildman–Crippen LogP) is 5.02. The SMILES string of the molecule is CC(C)CCN(Cc1ccc(Oc2cc(F)ccc2C#N)cc1)C(=O)O. The van der Waals surface area contributed by atoms with E-state index >= 15 is 0 Å². The van der Waals surface area contributed by atoms with E-state index < -0.39 is 11.9 Å². The number of halogens is 1. The van der Waals surface area contributed by atoms with Crippen LogP contribution in [-0.2, 0) is 6.54 Å². The molecule has 26 heavy (non-hydrogen) atoms. The van der Waals surface area contributed by atoms with E-state index in [0.29, 0.717) is 18.2 Å². The second kappa shape index (κ2) is 8.86. The molecule has 0 bridgehead atoms. The van der Waals surface area contributed by atoms with Gasteiger partial charge < -0.3 is 14.7 Å². The summed E-state index contributed by atoms with van der Waals surface area (Å²) in [6, 6.07) is 12.5. The molecule has 0 fully saturated rings. The molecule has 5 nitrogen and oxygen atoms in total. The lowest BCUT2D eigenvalue weighted by molar-refractivity contribution is 0.140. The first-order valence-corrected chi connectivity index (χ1v) is 8.33. The zero-order chi connectivity index (χ0) is 19.1. The van der Waals surface area contributed by atoms with Crippen molar-refractivity contribution in [3.8, 4) is 17.6 Å². The second-order valence-corrected chi connectivity index (χ2v) is 6.38. The minimum Gasteiger partial charge on any atom is -0.465 e. The summed E-state index contributed by atoms with van der Waals surface area (Å²) in [7, 11) is 0. The smallest absolute Gasteiger partial charge is 0.407 e. The van der Waals surface area contributed by atoms with E-state index in [0.717, 1.165) is 18.1 Å². The molecule has 0 saturated carbocycles. The summed E-state index contributed by atoms with van der Waals surface area (Å²) in [5.74, 6) is 0.523. The summed E-state index contributed by atoms with van der Waals surface area (Å²) in [6.07, 6.45) is -0.159. The number of carbonyl (C=O) groups is 1. The van der Waals surface area contributed by atoms with E-state index in [9.17, 15) is 14.3 Å². The molecule has 6 heteroatoms. The van der Waals surface area contributed by atoms with E-state index in [-0.39, 0.29) is 17.9 Å². The van der Waals surface area contributed by atoms with E-state index in [1.807, 2.05) is 19.9 Å². The summed E-state index contributed by atoms with van der Waals surface area (Å²) >= 11 is 0. The van der Waals surface area contributed by atoms with Crippen molar-refractivity contribution in [1.82, 2.24) is 4.90 Å². The summed E-state index contributed by atoms with van der Waals surface area (Å²) in [5, 5.41) is 18.4. The van der Waals surface area contributed by atoms with E-state index in [2.05, 4.69) is 0 Å². The van der Waals surface area contributed by atoms with Gasteiger partial charge in [-0.2, -0.15) is 5.26 Å². The van der Waals surface area contributed by atoms with Crippen molar-refractivity contribution in [2.45, 2.75) is 26.8 Å². The Hall–Kier alpha value is -3.07. The molecule has 0 aliphatic carbocycles. The lowest BCUT2D eigenvalue weighted by atomic mass is 10.1. The Balaban J connectivity index is 2.07. The minimum atomic E-state index is -0.954. The zero-order valence-electron chi connectivity index (χ0n) is 14.8. The number of hydrogen-bond acceptors (Lipinski definition) is 3. The van der Waals surface area contributed by atoms with Crippen molar-refractivity contribution in [3.63, 3.8) is 0 Å². The van der Waals surface area contributed by atoms with Gasteiger partial charge in [-0.3, -0.25) is 0 Å². The van der Waals surface area contributed by atoms with Crippen LogP contribution in [0, 0.1) is 23.1 Å². The van der Waals surface area contributed by atoms with Gasteiger partial charge in [0.25, 0.3) is 0 Å². The predicted molar refractivity (Wildman–Crippen MR) is 95.5 cm³/mol. The first kappa shape index (κ1) is 19.3. The number of hydrogen-bond donors (Lipinski definition) is 1. The van der Waals surface area contributed by atoms with E-state index in [1.165, 1.54) is 17.0 Å². The van der Waals surface area contributed by atoms with Crippen molar-refractivity contribution in [1.29, 1.82) is 5.26 Å². The number of nitriles is 1. The topological polar surface area (TPSA) is 73.6 Å². The van der Waals surface area contributed by atoms with Crippen LogP contribution in [0.2, 0.25) is 0 Å². The molecule has 1 amide bonds. The van der Waals surface area contributed by atoms with Gasteiger partial charge in [-0.15, -0.1) is 0 Å². The van der Waals surface area contributed by atoms with Crippen molar-refractivity contribution in [2.75, 3.05) is 6.54 Å². The van der Waals surface area contributed by atoms with Gasteiger partial charge in [0, 0.05) is 19.2 Å². The molecule has 0 atom stereocenters. The highest BCUT2D eigenvalue weighted by Crippen LogP contribution is 2.26. The number of carboxylic acid groups (broad SMARTS) is 1. The molecular formula is C20H21FN2O3. The molecule has 0 saturated heterocycles. The average molecular weight is 356 g/mol. The third-order valence-corrected chi connectivity index (χ3v) is 3.84. The number of benzene rings is 2. The molecule has 2 aromatic rings. The highest BCUT2D eigenvalue weighted by atomic mass is 19.1. The number of amides is 1. The van der Waals surface area contributed by atoms with Crippen molar-refractivity contribution in [3.05, 3.63) is 59.4 Å². The minimum absolute atomic E-state index is 0.143. The number of rotatable bonds is 7. The molecule has 0 aliphatic heterocycles. The maximum absolute atomic E-state index is 13.3. The highest BCUT2D eigenvalue weighted by molar-refractivity contribution is 5.65. The van der Waals surface area contributed by atoms with Crippen LogP contribution in [0.15, 0.2) is 42.5 Å². The summed E-state index contributed by atoms with van der Waals surface area (Å²) < 4.78 is 18.9. The van der Waals surface area contributed by atoms with E-state index in [4.69, 9.17) is 10.00 Å². The van der Waals surface area contributed by atoms with Crippen LogP contribution in [0.1, 0.15) is 31.4 Å². The first-order valence-electron chi connectivity index (χ1n) is 8.33. The van der Waals surface area contributed by atoms with Gasteiger partial charge in [-0.25, -0.2) is 9.18 Å². The van der Waals surface area contributed by atoms with Crippen LogP contribution in [0.3, 0.4) is 0 Å². The lowest BCUT2D eigenvalue weighted by Gasteiger charge is -2.20. The quantitative estimate of drug-likeness (QED) is 0.756. The molecule has 2 rings (SSSR count). The van der Waals surface area contributed by atoms with Crippen LogP contribution < -0.4 is 4.74 Å². The second-order valence-electron chi connectivity index (χ2n) is 6.38. The van der Waals surface area contributed by atoms with Crippen LogP contribution in [0.5, 0.6) is 11.5 Å². The monoisotopic (exact) mass is 356 g/mol. The van der Waals surface area contributed by atoms with E-state index in [1.54, 1.807) is 24.3 Å². The van der Waals surface area contributed by atoms with Gasteiger partial charge in [0.15, 0.2) is 0 Å². The number of nitrogens with zero attached hydrogens (tertiary/aromatic N) is 2. The fourth-order valence-corrected chi connectivity index (χ4v) is 2.34. The molecule has 0 unspecified atom stereocenters. The Kier molecular flexibility index (Phi) is 6.56. The van der Waals surface area contributed by atoms with Crippen LogP contribution >= 0.6 is 0 Å². The van der Waals surface area contributed by atoms with Gasteiger partial charge in [-0.1, -0.05) is 26.0 Å². The molecule has 1 N–H and O–H groups in total. The molecule has 136 valence electrons. The van der Waals surface area contributed by atoms with Gasteiger partial charge in [0.1, 0.15) is 23.4 Å². The third kappa shape index (κ3) is 5.49. The van der Waals surface area contributed by atoms with Gasteiger partial charge >= 0.3 is 6.09 Å². The first-order chi connectivity index (χ1) is 12.4. The fourth-order valence-electron chi connectivity index (χ4n) is 2.34. The van der Waals surface area contributed by atoms with Crippen molar-refractivity contribution >= 4 is 6.09 Å². The summed E-state index contributed by atoms with van der Waals surface area (Å²) in [5.41, 5.74) is 1.06. The molecule has 0 aliphatic rings.